The highest BCUT2D eigenvalue weighted by Gasteiger charge is 2.25. The third kappa shape index (κ3) is 2.94. The van der Waals surface area contributed by atoms with Crippen LogP contribution in [0.15, 0.2) is 18.2 Å². The first-order valence-corrected chi connectivity index (χ1v) is 5.96. The summed E-state index contributed by atoms with van der Waals surface area (Å²) in [6.45, 7) is 10.3. The van der Waals surface area contributed by atoms with E-state index in [1.165, 1.54) is 16.7 Å². The molecule has 0 saturated heterocycles. The highest BCUT2D eigenvalue weighted by molar-refractivity contribution is 5.86. The molecule has 0 N–H and O–H groups in total. The number of ketones is 1. The Bertz CT molecular complexity index is 388. The molecule has 16 heavy (non-hydrogen) atoms. The Balaban J connectivity index is 2.89. The summed E-state index contributed by atoms with van der Waals surface area (Å²) in [6, 6.07) is 6.31. The number of hydrogen-bond acceptors (Lipinski definition) is 1. The van der Waals surface area contributed by atoms with Crippen LogP contribution in [0.1, 0.15) is 43.9 Å². The molecular weight excluding hydrogens is 196 g/mol. The maximum absolute atomic E-state index is 12.1. The van der Waals surface area contributed by atoms with E-state index in [1.54, 1.807) is 0 Å². The first kappa shape index (κ1) is 13.0. The third-order valence-electron chi connectivity index (χ3n) is 3.49. The SMILES string of the molecule is CCC(C)(C)C(=O)Cc1cc(C)ccc1C. The van der Waals surface area contributed by atoms with Gasteiger partial charge in [-0.1, -0.05) is 44.5 Å². The predicted molar refractivity (Wildman–Crippen MR) is 68.7 cm³/mol. The molecule has 0 atom stereocenters. The summed E-state index contributed by atoms with van der Waals surface area (Å²) < 4.78 is 0. The molecular formula is C15H22O. The van der Waals surface area contributed by atoms with Crippen molar-refractivity contribution in [1.29, 1.82) is 0 Å². The van der Waals surface area contributed by atoms with Crippen LogP contribution >= 0.6 is 0 Å². The van der Waals surface area contributed by atoms with Crippen LogP contribution in [0.3, 0.4) is 0 Å². The van der Waals surface area contributed by atoms with E-state index in [1.807, 2.05) is 13.8 Å². The molecule has 0 unspecified atom stereocenters. The van der Waals surface area contributed by atoms with Gasteiger partial charge in [-0.3, -0.25) is 4.79 Å². The number of hydrogen-bond donors (Lipinski definition) is 0. The molecule has 1 heteroatoms. The van der Waals surface area contributed by atoms with E-state index in [4.69, 9.17) is 0 Å². The van der Waals surface area contributed by atoms with Crippen molar-refractivity contribution in [2.75, 3.05) is 0 Å². The summed E-state index contributed by atoms with van der Waals surface area (Å²) >= 11 is 0. The van der Waals surface area contributed by atoms with Gasteiger partial charge in [0.05, 0.1) is 0 Å². The standard InChI is InChI=1S/C15H22O/c1-6-15(4,5)14(16)10-13-9-11(2)7-8-12(13)3/h7-9H,6,10H2,1-5H3. The average molecular weight is 218 g/mol. The Morgan fingerprint density at radius 2 is 1.88 bits per heavy atom. The normalized spacial score (nSPS) is 11.6. The lowest BCUT2D eigenvalue weighted by atomic mass is 9.82. The van der Waals surface area contributed by atoms with Gasteiger partial charge in [0.1, 0.15) is 5.78 Å². The average Bonchev–Trinajstić information content (AvgIpc) is 2.23. The van der Waals surface area contributed by atoms with E-state index in [0.29, 0.717) is 12.2 Å². The van der Waals surface area contributed by atoms with Crippen molar-refractivity contribution in [3.8, 4) is 0 Å². The maximum Gasteiger partial charge on any atom is 0.142 e. The van der Waals surface area contributed by atoms with Crippen LogP contribution in [0.25, 0.3) is 0 Å². The molecule has 0 fully saturated rings. The van der Waals surface area contributed by atoms with Gasteiger partial charge in [0, 0.05) is 11.8 Å². The molecule has 0 aliphatic carbocycles. The largest absolute Gasteiger partial charge is 0.299 e. The van der Waals surface area contributed by atoms with Crippen LogP contribution in [0, 0.1) is 19.3 Å². The van der Waals surface area contributed by atoms with Crippen LogP contribution in [0.2, 0.25) is 0 Å². The van der Waals surface area contributed by atoms with Crippen LogP contribution in [0.5, 0.6) is 0 Å². The zero-order chi connectivity index (χ0) is 12.3. The monoisotopic (exact) mass is 218 g/mol. The minimum absolute atomic E-state index is 0.198. The summed E-state index contributed by atoms with van der Waals surface area (Å²) in [5, 5.41) is 0. The molecule has 0 spiro atoms. The van der Waals surface area contributed by atoms with Gasteiger partial charge >= 0.3 is 0 Å². The summed E-state index contributed by atoms with van der Waals surface area (Å²) in [7, 11) is 0. The van der Waals surface area contributed by atoms with Gasteiger partial charge in [0.2, 0.25) is 0 Å². The molecule has 1 aromatic rings. The van der Waals surface area contributed by atoms with E-state index in [0.717, 1.165) is 6.42 Å². The molecule has 1 rings (SSSR count). The molecule has 0 bridgehead atoms. The Morgan fingerprint density at radius 3 is 2.44 bits per heavy atom. The van der Waals surface area contributed by atoms with Crippen molar-refractivity contribution < 1.29 is 4.79 Å². The number of carbonyl (C=O) groups is 1. The van der Waals surface area contributed by atoms with Gasteiger partial charge < -0.3 is 0 Å². The Hall–Kier alpha value is -1.11. The van der Waals surface area contributed by atoms with E-state index in [9.17, 15) is 4.79 Å². The third-order valence-corrected chi connectivity index (χ3v) is 3.49. The van der Waals surface area contributed by atoms with E-state index in [-0.39, 0.29) is 5.41 Å². The molecule has 1 nitrogen and oxygen atoms in total. The highest BCUT2D eigenvalue weighted by Crippen LogP contribution is 2.24. The summed E-state index contributed by atoms with van der Waals surface area (Å²) in [6.07, 6.45) is 1.46. The fourth-order valence-corrected chi connectivity index (χ4v) is 1.60. The molecule has 0 aliphatic heterocycles. The minimum atomic E-state index is -0.198. The number of rotatable bonds is 4. The van der Waals surface area contributed by atoms with Crippen molar-refractivity contribution in [3.05, 3.63) is 34.9 Å². The molecule has 88 valence electrons. The van der Waals surface area contributed by atoms with Gasteiger partial charge in [-0.2, -0.15) is 0 Å². The van der Waals surface area contributed by atoms with Gasteiger partial charge in [0.25, 0.3) is 0 Å². The molecule has 0 aromatic heterocycles. The number of aryl methyl sites for hydroxylation is 2. The van der Waals surface area contributed by atoms with Gasteiger partial charge in [-0.25, -0.2) is 0 Å². The second-order valence-electron chi connectivity index (χ2n) is 5.27. The van der Waals surface area contributed by atoms with E-state index >= 15 is 0 Å². The maximum atomic E-state index is 12.1. The molecule has 1 aromatic carbocycles. The molecule has 0 aliphatic rings. The Kier molecular flexibility index (Phi) is 3.90. The minimum Gasteiger partial charge on any atom is -0.299 e. The Morgan fingerprint density at radius 1 is 1.25 bits per heavy atom. The number of Topliss-reactive ketones (excluding diaryl/α,β-unsaturated/α-hetero) is 1. The summed E-state index contributed by atoms with van der Waals surface area (Å²) in [4.78, 5) is 12.1. The lowest BCUT2D eigenvalue weighted by molar-refractivity contribution is -0.126. The van der Waals surface area contributed by atoms with Crippen molar-refractivity contribution in [2.24, 2.45) is 5.41 Å². The lowest BCUT2D eigenvalue weighted by Crippen LogP contribution is -2.25. The fraction of sp³-hybridized carbons (Fsp3) is 0.533. The topological polar surface area (TPSA) is 17.1 Å². The van der Waals surface area contributed by atoms with Crippen molar-refractivity contribution in [3.63, 3.8) is 0 Å². The summed E-state index contributed by atoms with van der Waals surface area (Å²) in [5.41, 5.74) is 3.41. The zero-order valence-corrected chi connectivity index (χ0v) is 11.1. The first-order chi connectivity index (χ1) is 7.36. The number of benzene rings is 1. The number of carbonyl (C=O) groups excluding carboxylic acids is 1. The molecule has 0 radical (unpaired) electrons. The van der Waals surface area contributed by atoms with Crippen LogP contribution in [0.4, 0.5) is 0 Å². The van der Waals surface area contributed by atoms with Crippen molar-refractivity contribution in [2.45, 2.75) is 47.5 Å². The van der Waals surface area contributed by atoms with Crippen LogP contribution < -0.4 is 0 Å². The van der Waals surface area contributed by atoms with Crippen LogP contribution in [-0.4, -0.2) is 5.78 Å². The lowest BCUT2D eigenvalue weighted by Gasteiger charge is -2.21. The molecule has 0 heterocycles. The van der Waals surface area contributed by atoms with Gasteiger partial charge in [0.15, 0.2) is 0 Å². The second kappa shape index (κ2) is 4.82. The Labute approximate surface area is 98.9 Å². The van der Waals surface area contributed by atoms with Gasteiger partial charge in [-0.05, 0) is 31.4 Å². The molecule has 0 saturated carbocycles. The quantitative estimate of drug-likeness (QED) is 0.750. The first-order valence-electron chi connectivity index (χ1n) is 5.96. The molecule has 0 amide bonds. The van der Waals surface area contributed by atoms with Crippen molar-refractivity contribution >= 4 is 5.78 Å². The fourth-order valence-electron chi connectivity index (χ4n) is 1.60. The summed E-state index contributed by atoms with van der Waals surface area (Å²) in [5.74, 6) is 0.337. The second-order valence-corrected chi connectivity index (χ2v) is 5.27. The highest BCUT2D eigenvalue weighted by atomic mass is 16.1. The predicted octanol–water partition coefficient (Wildman–Crippen LogP) is 3.85. The van der Waals surface area contributed by atoms with Gasteiger partial charge in [-0.15, -0.1) is 0 Å². The van der Waals surface area contributed by atoms with Crippen molar-refractivity contribution in [1.82, 2.24) is 0 Å². The van der Waals surface area contributed by atoms with E-state index < -0.39 is 0 Å². The zero-order valence-electron chi connectivity index (χ0n) is 11.1. The smallest absolute Gasteiger partial charge is 0.142 e. The van der Waals surface area contributed by atoms with Crippen LogP contribution in [-0.2, 0) is 11.2 Å². The van der Waals surface area contributed by atoms with E-state index in [2.05, 4.69) is 39.0 Å².